The summed E-state index contributed by atoms with van der Waals surface area (Å²) in [5, 5.41) is 25.2. The molecule has 0 saturated carbocycles. The van der Waals surface area contributed by atoms with E-state index < -0.39 is 29.3 Å². The summed E-state index contributed by atoms with van der Waals surface area (Å²) < 4.78 is 0. The fourth-order valence-electron chi connectivity index (χ4n) is 5.59. The monoisotopic (exact) mass is 495 g/mol. The normalized spacial score (nSPS) is 21.9. The molecule has 0 radical (unpaired) electrons. The highest BCUT2D eigenvalue weighted by Gasteiger charge is 2.62. The maximum atomic E-state index is 14.2. The van der Waals surface area contributed by atoms with Crippen molar-refractivity contribution in [3.8, 4) is 12.1 Å². The first-order chi connectivity index (χ1) is 18.6. The molecule has 0 bridgehead atoms. The molecule has 5 heteroatoms. The minimum absolute atomic E-state index is 0.354. The number of rotatable bonds is 6. The Bertz CT molecular complexity index is 1390. The van der Waals surface area contributed by atoms with Crippen molar-refractivity contribution >= 4 is 11.6 Å². The second-order valence-corrected chi connectivity index (χ2v) is 9.45. The minimum atomic E-state index is -1.95. The highest BCUT2D eigenvalue weighted by molar-refractivity contribution is 6.03. The Morgan fingerprint density at radius 2 is 0.868 bits per heavy atom. The molecule has 1 aliphatic rings. The van der Waals surface area contributed by atoms with Gasteiger partial charge in [-0.2, -0.15) is 10.5 Å². The van der Waals surface area contributed by atoms with Crippen LogP contribution in [0.15, 0.2) is 121 Å². The number of ketones is 2. The summed E-state index contributed by atoms with van der Waals surface area (Å²) in [6.45, 7) is 0. The van der Waals surface area contributed by atoms with Crippen LogP contribution in [0.25, 0.3) is 0 Å². The third-order valence-corrected chi connectivity index (χ3v) is 7.38. The number of nitriles is 2. The van der Waals surface area contributed by atoms with Gasteiger partial charge in [0.25, 0.3) is 0 Å². The number of piperidine rings is 1. The zero-order valence-corrected chi connectivity index (χ0v) is 20.6. The van der Waals surface area contributed by atoms with Crippen LogP contribution in [-0.2, 0) is 0 Å². The molecular weight excluding hydrogens is 470 g/mol. The average molecular weight is 496 g/mol. The third-order valence-electron chi connectivity index (χ3n) is 7.38. The van der Waals surface area contributed by atoms with Gasteiger partial charge in [0.1, 0.15) is 0 Å². The van der Waals surface area contributed by atoms with E-state index in [2.05, 4.69) is 17.5 Å². The summed E-state index contributed by atoms with van der Waals surface area (Å²) in [6, 6.07) is 39.1. The molecule has 4 aromatic rings. The van der Waals surface area contributed by atoms with Gasteiger partial charge in [-0.3, -0.25) is 9.59 Å². The molecule has 4 aromatic carbocycles. The van der Waals surface area contributed by atoms with Gasteiger partial charge in [0.05, 0.1) is 24.0 Å². The van der Waals surface area contributed by atoms with Crippen LogP contribution >= 0.6 is 0 Å². The smallest absolute Gasteiger partial charge is 0.170 e. The Kier molecular flexibility index (Phi) is 6.96. The van der Waals surface area contributed by atoms with E-state index >= 15 is 0 Å². The Balaban J connectivity index is 1.78. The molecule has 0 aromatic heterocycles. The van der Waals surface area contributed by atoms with E-state index in [0.717, 1.165) is 11.1 Å². The number of nitrogens with one attached hydrogen (secondary N) is 1. The number of benzene rings is 4. The Labute approximate surface area is 222 Å². The Hall–Kier alpha value is -4.84. The molecule has 5 rings (SSSR count). The van der Waals surface area contributed by atoms with E-state index in [4.69, 9.17) is 0 Å². The van der Waals surface area contributed by atoms with Crippen LogP contribution in [0.3, 0.4) is 0 Å². The van der Waals surface area contributed by atoms with Gasteiger partial charge in [-0.05, 0) is 11.1 Å². The highest BCUT2D eigenvalue weighted by atomic mass is 16.1. The Morgan fingerprint density at radius 3 is 1.18 bits per heavy atom. The fraction of sp³-hybridized carbons (Fsp3) is 0.152. The van der Waals surface area contributed by atoms with Gasteiger partial charge in [0, 0.05) is 23.2 Å². The predicted octanol–water partition coefficient (Wildman–Crippen LogP) is 6.10. The molecule has 184 valence electrons. The van der Waals surface area contributed by atoms with Crippen molar-refractivity contribution in [1.29, 1.82) is 10.5 Å². The van der Waals surface area contributed by atoms with Gasteiger partial charge >= 0.3 is 0 Å². The summed E-state index contributed by atoms with van der Waals surface area (Å²) in [4.78, 5) is 28.4. The maximum Gasteiger partial charge on any atom is 0.170 e. The lowest BCUT2D eigenvalue weighted by molar-refractivity contribution is 0.0406. The molecule has 1 N–H and O–H groups in total. The quantitative estimate of drug-likeness (QED) is 0.326. The van der Waals surface area contributed by atoms with Crippen LogP contribution in [0.5, 0.6) is 0 Å². The van der Waals surface area contributed by atoms with Crippen LogP contribution < -0.4 is 5.32 Å². The number of carbonyl (C=O) groups excluding carboxylic acids is 2. The van der Waals surface area contributed by atoms with E-state index in [-0.39, 0.29) is 11.6 Å². The first-order valence-corrected chi connectivity index (χ1v) is 12.5. The van der Waals surface area contributed by atoms with Crippen LogP contribution in [0.2, 0.25) is 0 Å². The lowest BCUT2D eigenvalue weighted by Crippen LogP contribution is -2.58. The standard InChI is InChI=1S/C33H25N3O2/c34-21-33(22-35)27(31(37)25-17-9-3-10-18-25)29(23-13-5-1-6-14-23)36-30(24-15-7-2-8-16-24)28(33)32(38)26-19-11-4-12-20-26/h1-20,27-30,36H. The summed E-state index contributed by atoms with van der Waals surface area (Å²) in [5.74, 6) is -2.99. The molecule has 1 aliphatic heterocycles. The number of carbonyl (C=O) groups is 2. The van der Waals surface area contributed by atoms with E-state index in [1.54, 1.807) is 60.7 Å². The van der Waals surface area contributed by atoms with Crippen molar-refractivity contribution in [2.75, 3.05) is 0 Å². The zero-order valence-electron chi connectivity index (χ0n) is 20.6. The van der Waals surface area contributed by atoms with Gasteiger partial charge in [0.2, 0.25) is 0 Å². The second-order valence-electron chi connectivity index (χ2n) is 9.45. The van der Waals surface area contributed by atoms with Crippen molar-refractivity contribution < 1.29 is 9.59 Å². The highest BCUT2D eigenvalue weighted by Crippen LogP contribution is 2.54. The van der Waals surface area contributed by atoms with E-state index in [9.17, 15) is 20.1 Å². The van der Waals surface area contributed by atoms with Crippen LogP contribution in [0, 0.1) is 39.9 Å². The molecular formula is C33H25N3O2. The minimum Gasteiger partial charge on any atom is -0.301 e. The molecule has 38 heavy (non-hydrogen) atoms. The summed E-state index contributed by atoms with van der Waals surface area (Å²) in [7, 11) is 0. The van der Waals surface area contributed by atoms with Crippen molar-refractivity contribution in [1.82, 2.24) is 5.32 Å². The number of hydrogen-bond acceptors (Lipinski definition) is 5. The fourth-order valence-corrected chi connectivity index (χ4v) is 5.59. The van der Waals surface area contributed by atoms with E-state index in [1.807, 2.05) is 60.7 Å². The lowest BCUT2D eigenvalue weighted by atomic mass is 9.55. The Morgan fingerprint density at radius 1 is 0.553 bits per heavy atom. The SMILES string of the molecule is N#CC1(C#N)C(C(=O)c2ccccc2)C(c2ccccc2)NC(c2ccccc2)C1C(=O)c1ccccc1. The second kappa shape index (κ2) is 10.6. The van der Waals surface area contributed by atoms with Crippen LogP contribution in [-0.4, -0.2) is 11.6 Å². The summed E-state index contributed by atoms with van der Waals surface area (Å²) in [6.07, 6.45) is 0. The third kappa shape index (κ3) is 4.30. The maximum absolute atomic E-state index is 14.2. The molecule has 4 atom stereocenters. The molecule has 1 heterocycles. The van der Waals surface area contributed by atoms with Gasteiger partial charge in [-0.15, -0.1) is 0 Å². The largest absolute Gasteiger partial charge is 0.301 e. The van der Waals surface area contributed by atoms with Gasteiger partial charge in [-0.1, -0.05) is 121 Å². The predicted molar refractivity (Wildman–Crippen MR) is 144 cm³/mol. The van der Waals surface area contributed by atoms with Crippen molar-refractivity contribution in [2.24, 2.45) is 17.3 Å². The zero-order chi connectivity index (χ0) is 26.5. The van der Waals surface area contributed by atoms with Gasteiger partial charge in [-0.25, -0.2) is 0 Å². The summed E-state index contributed by atoms with van der Waals surface area (Å²) >= 11 is 0. The van der Waals surface area contributed by atoms with Crippen molar-refractivity contribution in [2.45, 2.75) is 12.1 Å². The van der Waals surface area contributed by atoms with Crippen molar-refractivity contribution in [3.05, 3.63) is 144 Å². The van der Waals surface area contributed by atoms with E-state index in [0.29, 0.717) is 11.1 Å². The number of nitrogens with zero attached hydrogens (tertiary/aromatic N) is 2. The molecule has 4 unspecified atom stereocenters. The topological polar surface area (TPSA) is 93.8 Å². The lowest BCUT2D eigenvalue weighted by Gasteiger charge is -2.48. The van der Waals surface area contributed by atoms with Crippen LogP contribution in [0.4, 0.5) is 0 Å². The van der Waals surface area contributed by atoms with Crippen LogP contribution in [0.1, 0.15) is 43.9 Å². The van der Waals surface area contributed by atoms with Crippen molar-refractivity contribution in [3.63, 3.8) is 0 Å². The molecule has 5 nitrogen and oxygen atoms in total. The molecule has 0 spiro atoms. The van der Waals surface area contributed by atoms with Gasteiger partial charge < -0.3 is 5.32 Å². The number of Topliss-reactive ketones (excluding diaryl/α,β-unsaturated/α-hetero) is 2. The molecule has 1 saturated heterocycles. The summed E-state index contributed by atoms with van der Waals surface area (Å²) in [5.41, 5.74) is 0.358. The first-order valence-electron chi connectivity index (χ1n) is 12.5. The van der Waals surface area contributed by atoms with Gasteiger partial charge in [0.15, 0.2) is 17.0 Å². The average Bonchev–Trinajstić information content (AvgIpc) is 3.01. The molecule has 0 amide bonds. The molecule has 1 fully saturated rings. The first kappa shape index (κ1) is 24.8. The number of hydrogen-bond donors (Lipinski definition) is 1. The molecule has 0 aliphatic carbocycles. The van der Waals surface area contributed by atoms with E-state index in [1.165, 1.54) is 0 Å².